The van der Waals surface area contributed by atoms with Crippen LogP contribution in [0.15, 0.2) is 82.8 Å². The van der Waals surface area contributed by atoms with E-state index in [2.05, 4.69) is 9.98 Å². The van der Waals surface area contributed by atoms with Gasteiger partial charge in [0, 0.05) is 21.5 Å². The number of fused-ring (bicyclic) bond motifs is 6. The van der Waals surface area contributed by atoms with Crippen molar-refractivity contribution in [2.24, 2.45) is 9.98 Å². The van der Waals surface area contributed by atoms with E-state index in [1.807, 2.05) is 24.5 Å². The zero-order valence-corrected chi connectivity index (χ0v) is 22.3. The summed E-state index contributed by atoms with van der Waals surface area (Å²) in [5.41, 5.74) is 3.84. The van der Waals surface area contributed by atoms with Crippen LogP contribution in [-0.4, -0.2) is 9.97 Å². The average molecular weight is 571 g/mol. The fraction of sp³-hybridized carbons (Fsp3) is 0. The molecule has 0 N–H and O–H groups in total. The molecule has 0 aliphatic heterocycles. The molecule has 8 nitrogen and oxygen atoms in total. The van der Waals surface area contributed by atoms with E-state index in [9.17, 15) is 19.3 Å². The summed E-state index contributed by atoms with van der Waals surface area (Å²) in [5.74, 6) is -1.29. The van der Waals surface area contributed by atoms with E-state index in [-0.39, 0.29) is 11.1 Å². The maximum absolute atomic E-state index is 14.4. The van der Waals surface area contributed by atoms with Crippen LogP contribution in [0.3, 0.4) is 0 Å². The average Bonchev–Trinajstić information content (AvgIpc) is 3.51. The smallest absolute Gasteiger partial charge is 0.206 e. The second kappa shape index (κ2) is 9.89. The predicted octanol–water partition coefficient (Wildman–Crippen LogP) is 6.08. The van der Waals surface area contributed by atoms with Crippen molar-refractivity contribution in [3.8, 4) is 46.8 Å². The second-order valence-electron chi connectivity index (χ2n) is 9.87. The molecule has 0 bridgehead atoms. The number of nitrogens with zero attached hydrogens (tertiary/aromatic N) is 8. The minimum Gasteiger partial charge on any atom is -0.241 e. The Morgan fingerprint density at radius 2 is 0.864 bits per heavy atom. The Kier molecular flexibility index (Phi) is 5.85. The van der Waals surface area contributed by atoms with E-state index in [0.717, 1.165) is 0 Å². The highest BCUT2D eigenvalue weighted by Crippen LogP contribution is 2.32. The Bertz CT molecular complexity index is 2500. The summed E-state index contributed by atoms with van der Waals surface area (Å²) < 4.78 is 28.8. The van der Waals surface area contributed by atoms with Crippen molar-refractivity contribution in [3.63, 3.8) is 0 Å². The summed E-state index contributed by atoms with van der Waals surface area (Å²) >= 11 is 0. The van der Waals surface area contributed by atoms with Crippen molar-refractivity contribution in [1.82, 2.24) is 9.97 Å². The van der Waals surface area contributed by atoms with E-state index < -0.39 is 11.6 Å². The van der Waals surface area contributed by atoms with Crippen LogP contribution >= 0.6 is 0 Å². The molecule has 1 heterocycles. The van der Waals surface area contributed by atoms with E-state index in [1.165, 1.54) is 24.3 Å². The summed E-state index contributed by atoms with van der Waals surface area (Å²) in [6.07, 6.45) is 3.67. The Balaban J connectivity index is 1.50. The van der Waals surface area contributed by atoms with E-state index in [4.69, 9.17) is 20.5 Å². The van der Waals surface area contributed by atoms with Crippen molar-refractivity contribution in [2.45, 2.75) is 0 Å². The molecule has 0 fully saturated rings. The van der Waals surface area contributed by atoms with Gasteiger partial charge in [-0.1, -0.05) is 36.4 Å². The third kappa shape index (κ3) is 3.84. The Labute approximate surface area is 246 Å². The predicted molar refractivity (Wildman–Crippen MR) is 157 cm³/mol. The number of hydrogen-bond donors (Lipinski definition) is 0. The molecular weight excluding hydrogens is 558 g/mol. The summed E-state index contributed by atoms with van der Waals surface area (Å²) in [4.78, 5) is 17.9. The monoisotopic (exact) mass is 570 g/mol. The van der Waals surface area contributed by atoms with Gasteiger partial charge >= 0.3 is 0 Å². The lowest BCUT2D eigenvalue weighted by Gasteiger charge is -2.03. The van der Waals surface area contributed by atoms with Gasteiger partial charge < -0.3 is 0 Å². The lowest BCUT2D eigenvalue weighted by atomic mass is 10.0. The highest BCUT2D eigenvalue weighted by molar-refractivity contribution is 6.15. The summed E-state index contributed by atoms with van der Waals surface area (Å²) in [5, 5.41) is 40.3. The van der Waals surface area contributed by atoms with Crippen LogP contribution in [0, 0.1) is 57.2 Å². The highest BCUT2D eigenvalue weighted by Gasteiger charge is 2.19. The molecular formula is C34H12F2N8. The van der Waals surface area contributed by atoms with Crippen molar-refractivity contribution in [2.75, 3.05) is 0 Å². The Hall–Kier alpha value is -6.88. The van der Waals surface area contributed by atoms with E-state index in [0.29, 0.717) is 76.6 Å². The van der Waals surface area contributed by atoms with Gasteiger partial charge in [-0.15, -0.1) is 0 Å². The molecule has 0 saturated heterocycles. The summed E-state index contributed by atoms with van der Waals surface area (Å²) in [6.45, 7) is 0. The molecule has 0 aliphatic rings. The number of aromatic nitrogens is 2. The third-order valence-electron chi connectivity index (χ3n) is 7.57. The molecule has 0 aliphatic carbocycles. The normalized spacial score (nSPS) is 12.0. The fourth-order valence-electron chi connectivity index (χ4n) is 5.55. The van der Waals surface area contributed by atoms with Gasteiger partial charge in [0.15, 0.2) is 0 Å². The van der Waals surface area contributed by atoms with E-state index in [1.54, 1.807) is 48.5 Å². The second-order valence-corrected chi connectivity index (χ2v) is 9.87. The summed E-state index contributed by atoms with van der Waals surface area (Å²) in [6, 6.07) is 22.9. The van der Waals surface area contributed by atoms with Crippen LogP contribution in [0.2, 0.25) is 0 Å². The highest BCUT2D eigenvalue weighted by atomic mass is 19.1. The molecule has 0 unspecified atom stereocenters. The van der Waals surface area contributed by atoms with Gasteiger partial charge in [0.2, 0.25) is 12.4 Å². The first-order valence-corrected chi connectivity index (χ1v) is 13.0. The van der Waals surface area contributed by atoms with Crippen LogP contribution in [0.25, 0.3) is 65.9 Å². The first-order chi connectivity index (χ1) is 21.4. The first-order valence-electron chi connectivity index (χ1n) is 13.0. The van der Waals surface area contributed by atoms with Crippen LogP contribution < -0.4 is 10.7 Å². The zero-order chi connectivity index (χ0) is 30.5. The van der Waals surface area contributed by atoms with E-state index >= 15 is 0 Å². The fourth-order valence-corrected chi connectivity index (χ4v) is 5.55. The van der Waals surface area contributed by atoms with Crippen molar-refractivity contribution >= 4 is 43.6 Å². The van der Waals surface area contributed by atoms with Crippen LogP contribution in [-0.2, 0) is 0 Å². The molecule has 0 saturated carbocycles. The topological polar surface area (TPSA) is 146 Å². The Morgan fingerprint density at radius 3 is 1.23 bits per heavy atom. The molecule has 7 aromatic rings. The molecule has 0 atom stereocenters. The quantitative estimate of drug-likeness (QED) is 0.230. The number of nitriles is 4. The lowest BCUT2D eigenvalue weighted by Crippen LogP contribution is -2.03. The number of benzene rings is 4. The maximum atomic E-state index is 14.4. The molecule has 0 radical (unpaired) electrons. The SMILES string of the molecule is N#C/N=c1/c2cc(-c3ccc(C#N)c(F)c3)ccc2c2nc3/c(=N/C#N)c4cc(-c5ccc(C#N)c(F)c5)ccc4c3nc12. The van der Waals surface area contributed by atoms with Gasteiger partial charge in [0.1, 0.15) is 45.5 Å². The van der Waals surface area contributed by atoms with Crippen molar-refractivity contribution in [3.05, 3.63) is 106 Å². The van der Waals surface area contributed by atoms with Gasteiger partial charge in [-0.05, 0) is 58.7 Å². The van der Waals surface area contributed by atoms with Crippen LogP contribution in [0.4, 0.5) is 8.78 Å². The molecule has 7 rings (SSSR count). The third-order valence-corrected chi connectivity index (χ3v) is 7.57. The molecule has 0 spiro atoms. The molecule has 0 amide bonds. The van der Waals surface area contributed by atoms with Crippen molar-refractivity contribution < 1.29 is 8.78 Å². The Morgan fingerprint density at radius 1 is 0.477 bits per heavy atom. The minimum atomic E-state index is -0.644. The van der Waals surface area contributed by atoms with Crippen molar-refractivity contribution in [1.29, 1.82) is 21.0 Å². The molecule has 6 aromatic carbocycles. The van der Waals surface area contributed by atoms with Crippen LogP contribution in [0.1, 0.15) is 11.1 Å². The molecule has 202 valence electrons. The van der Waals surface area contributed by atoms with Gasteiger partial charge in [0.05, 0.1) is 22.2 Å². The lowest BCUT2D eigenvalue weighted by molar-refractivity contribution is 0.624. The molecule has 44 heavy (non-hydrogen) atoms. The van der Waals surface area contributed by atoms with Gasteiger partial charge in [0.25, 0.3) is 0 Å². The first kappa shape index (κ1) is 26.0. The zero-order valence-electron chi connectivity index (χ0n) is 22.3. The van der Waals surface area contributed by atoms with Gasteiger partial charge in [-0.2, -0.15) is 31.0 Å². The van der Waals surface area contributed by atoms with Gasteiger partial charge in [-0.25, -0.2) is 18.7 Å². The minimum absolute atomic E-state index is 0.0664. The van der Waals surface area contributed by atoms with Crippen LogP contribution in [0.5, 0.6) is 0 Å². The number of hydrogen-bond acceptors (Lipinski definition) is 8. The largest absolute Gasteiger partial charge is 0.241 e. The molecule has 10 heteroatoms. The number of rotatable bonds is 2. The number of halogens is 2. The summed E-state index contributed by atoms with van der Waals surface area (Å²) in [7, 11) is 0. The maximum Gasteiger partial charge on any atom is 0.206 e. The standard InChI is InChI=1S/C34H12F2N8/c35-27-11-19(1-3-21(27)13-37)17-5-7-23-25(9-17)29(41-15-39)33-31(23)43-34-30(42-16-40)26-10-18(6-8-24(26)32(34)44-33)20-2-4-22(14-38)28(36)12-20/h1-12H/b41-29-,42-30+. The molecule has 1 aromatic heterocycles. The van der Waals surface area contributed by atoms with Gasteiger partial charge in [-0.3, -0.25) is 0 Å².